The second-order valence-corrected chi connectivity index (χ2v) is 4.19. The lowest BCUT2D eigenvalue weighted by molar-refractivity contribution is -0.122. The van der Waals surface area contributed by atoms with Gasteiger partial charge in [-0.05, 0) is 12.5 Å². The third-order valence-electron chi connectivity index (χ3n) is 2.88. The molecular formula is C14H15N3O3. The summed E-state index contributed by atoms with van der Waals surface area (Å²) >= 11 is 0. The summed E-state index contributed by atoms with van der Waals surface area (Å²) in [5.41, 5.74) is 0.871. The molecule has 2 rings (SSSR count). The maximum absolute atomic E-state index is 12.1. The number of oxazole rings is 1. The monoisotopic (exact) mass is 273 g/mol. The lowest BCUT2D eigenvalue weighted by Crippen LogP contribution is -2.39. The van der Waals surface area contributed by atoms with Crippen LogP contribution in [-0.4, -0.2) is 23.8 Å². The summed E-state index contributed by atoms with van der Waals surface area (Å²) in [6, 6.07) is 8.22. The number of hydrogen-bond acceptors (Lipinski definition) is 4. The van der Waals surface area contributed by atoms with Gasteiger partial charge < -0.3 is 15.1 Å². The molecule has 0 fully saturated rings. The van der Waals surface area contributed by atoms with Crippen molar-refractivity contribution < 1.29 is 14.0 Å². The predicted molar refractivity (Wildman–Crippen MR) is 72.0 cm³/mol. The highest BCUT2D eigenvalue weighted by atomic mass is 16.3. The molecule has 0 unspecified atom stereocenters. The van der Waals surface area contributed by atoms with Gasteiger partial charge in [-0.15, -0.1) is 0 Å². The van der Waals surface area contributed by atoms with Crippen LogP contribution in [0.25, 0.3) is 0 Å². The van der Waals surface area contributed by atoms with Crippen molar-refractivity contribution in [3.8, 4) is 0 Å². The summed E-state index contributed by atoms with van der Waals surface area (Å²) in [5.74, 6) is -0.342. The van der Waals surface area contributed by atoms with Crippen LogP contribution in [0.1, 0.15) is 27.9 Å². The molecule has 1 aromatic carbocycles. The highest BCUT2D eigenvalue weighted by Crippen LogP contribution is 2.14. The number of aromatic nitrogens is 1. The van der Waals surface area contributed by atoms with Crippen molar-refractivity contribution in [2.24, 2.45) is 0 Å². The van der Waals surface area contributed by atoms with Crippen LogP contribution in [0.3, 0.4) is 0 Å². The second-order valence-electron chi connectivity index (χ2n) is 4.19. The third kappa shape index (κ3) is 2.85. The zero-order valence-corrected chi connectivity index (χ0v) is 11.2. The van der Waals surface area contributed by atoms with E-state index in [1.165, 1.54) is 13.4 Å². The van der Waals surface area contributed by atoms with Gasteiger partial charge in [0.1, 0.15) is 11.8 Å². The van der Waals surface area contributed by atoms with E-state index in [9.17, 15) is 9.59 Å². The smallest absolute Gasteiger partial charge is 0.274 e. The molecule has 6 heteroatoms. The largest absolute Gasteiger partial charge is 0.448 e. The standard InChI is InChI=1S/C14H15N3O3/c1-9-11(16-8-20-9)14(19)17-12(13(18)15-2)10-6-4-3-5-7-10/h3-8,12H,1-2H3,(H,15,18)(H,17,19)/t12-/m1/s1. The van der Waals surface area contributed by atoms with E-state index in [4.69, 9.17) is 4.42 Å². The van der Waals surface area contributed by atoms with Gasteiger partial charge in [-0.3, -0.25) is 9.59 Å². The molecule has 0 aliphatic rings. The second kappa shape index (κ2) is 6.01. The Morgan fingerprint density at radius 1 is 1.25 bits per heavy atom. The van der Waals surface area contributed by atoms with Crippen LogP contribution in [0.2, 0.25) is 0 Å². The van der Waals surface area contributed by atoms with Crippen LogP contribution < -0.4 is 10.6 Å². The van der Waals surface area contributed by atoms with Crippen molar-refractivity contribution >= 4 is 11.8 Å². The number of nitrogens with zero attached hydrogens (tertiary/aromatic N) is 1. The summed E-state index contributed by atoms with van der Waals surface area (Å²) in [4.78, 5) is 27.9. The molecule has 2 N–H and O–H groups in total. The van der Waals surface area contributed by atoms with Crippen LogP contribution in [0.4, 0.5) is 0 Å². The van der Waals surface area contributed by atoms with Crippen LogP contribution in [0, 0.1) is 6.92 Å². The molecule has 6 nitrogen and oxygen atoms in total. The maximum Gasteiger partial charge on any atom is 0.274 e. The van der Waals surface area contributed by atoms with E-state index in [0.717, 1.165) is 0 Å². The average Bonchev–Trinajstić information content (AvgIpc) is 2.91. The number of rotatable bonds is 4. The average molecular weight is 273 g/mol. The van der Waals surface area contributed by atoms with Crippen molar-refractivity contribution in [3.63, 3.8) is 0 Å². The summed E-state index contributed by atoms with van der Waals surface area (Å²) in [5, 5.41) is 5.19. The Morgan fingerprint density at radius 3 is 2.50 bits per heavy atom. The van der Waals surface area contributed by atoms with Crippen molar-refractivity contribution in [1.82, 2.24) is 15.6 Å². The first kappa shape index (κ1) is 13.8. The molecule has 0 aliphatic carbocycles. The van der Waals surface area contributed by atoms with Crippen LogP contribution in [0.15, 0.2) is 41.1 Å². The SMILES string of the molecule is CNC(=O)[C@H](NC(=O)c1ncoc1C)c1ccccc1. The molecule has 1 atom stereocenters. The molecule has 1 aromatic heterocycles. The van der Waals surface area contributed by atoms with E-state index in [2.05, 4.69) is 15.6 Å². The number of hydrogen-bond donors (Lipinski definition) is 2. The van der Waals surface area contributed by atoms with Crippen molar-refractivity contribution in [2.75, 3.05) is 7.05 Å². The number of amides is 2. The number of likely N-dealkylation sites (N-methyl/N-ethyl adjacent to an activating group) is 1. The fourth-order valence-electron chi connectivity index (χ4n) is 1.81. The highest BCUT2D eigenvalue weighted by molar-refractivity contribution is 5.97. The van der Waals surface area contributed by atoms with Gasteiger partial charge >= 0.3 is 0 Å². The predicted octanol–water partition coefficient (Wildman–Crippen LogP) is 1.20. The van der Waals surface area contributed by atoms with Gasteiger partial charge in [-0.2, -0.15) is 0 Å². The van der Waals surface area contributed by atoms with Gasteiger partial charge in [0.2, 0.25) is 5.91 Å². The molecule has 104 valence electrons. The molecule has 0 radical (unpaired) electrons. The highest BCUT2D eigenvalue weighted by Gasteiger charge is 2.24. The van der Waals surface area contributed by atoms with E-state index in [-0.39, 0.29) is 11.6 Å². The van der Waals surface area contributed by atoms with Gasteiger partial charge in [0.05, 0.1) is 0 Å². The fraction of sp³-hybridized carbons (Fsp3) is 0.214. The van der Waals surface area contributed by atoms with Crippen molar-refractivity contribution in [1.29, 1.82) is 0 Å². The minimum Gasteiger partial charge on any atom is -0.448 e. The molecule has 0 saturated heterocycles. The lowest BCUT2D eigenvalue weighted by atomic mass is 10.1. The summed E-state index contributed by atoms with van der Waals surface area (Å²) in [6.07, 6.45) is 1.20. The number of aryl methyl sites for hydroxylation is 1. The molecule has 0 saturated carbocycles. The molecule has 2 amide bonds. The first-order valence-electron chi connectivity index (χ1n) is 6.11. The lowest BCUT2D eigenvalue weighted by Gasteiger charge is -2.17. The minimum absolute atomic E-state index is 0.176. The van der Waals surface area contributed by atoms with Crippen LogP contribution >= 0.6 is 0 Å². The maximum atomic E-state index is 12.1. The van der Waals surface area contributed by atoms with E-state index in [0.29, 0.717) is 11.3 Å². The van der Waals surface area contributed by atoms with Crippen molar-refractivity contribution in [3.05, 3.63) is 53.7 Å². The zero-order valence-electron chi connectivity index (χ0n) is 11.2. The quantitative estimate of drug-likeness (QED) is 0.876. The Balaban J connectivity index is 2.23. The van der Waals surface area contributed by atoms with E-state index < -0.39 is 11.9 Å². The molecule has 20 heavy (non-hydrogen) atoms. The number of carbonyl (C=O) groups excluding carboxylic acids is 2. The molecule has 0 bridgehead atoms. The van der Waals surface area contributed by atoms with Gasteiger partial charge in [-0.25, -0.2) is 4.98 Å². The van der Waals surface area contributed by atoms with Gasteiger partial charge in [0.25, 0.3) is 5.91 Å². The topological polar surface area (TPSA) is 84.2 Å². The minimum atomic E-state index is -0.773. The van der Waals surface area contributed by atoms with Gasteiger partial charge in [-0.1, -0.05) is 30.3 Å². The number of benzene rings is 1. The molecule has 0 aliphatic heterocycles. The fourth-order valence-corrected chi connectivity index (χ4v) is 1.81. The van der Waals surface area contributed by atoms with Crippen LogP contribution in [0.5, 0.6) is 0 Å². The summed E-state index contributed by atoms with van der Waals surface area (Å²) in [7, 11) is 1.52. The van der Waals surface area contributed by atoms with Gasteiger partial charge in [0, 0.05) is 7.05 Å². The number of nitrogens with one attached hydrogen (secondary N) is 2. The van der Waals surface area contributed by atoms with Gasteiger partial charge in [0.15, 0.2) is 12.1 Å². The Labute approximate surface area is 116 Å². The zero-order chi connectivity index (χ0) is 14.5. The Bertz CT molecular complexity index is 607. The normalized spacial score (nSPS) is 11.7. The molecule has 0 spiro atoms. The summed E-state index contributed by atoms with van der Waals surface area (Å²) < 4.78 is 4.99. The van der Waals surface area contributed by atoms with Crippen molar-refractivity contribution in [2.45, 2.75) is 13.0 Å². The summed E-state index contributed by atoms with van der Waals surface area (Å²) in [6.45, 7) is 1.64. The third-order valence-corrected chi connectivity index (χ3v) is 2.88. The molecule has 2 aromatic rings. The molecular weight excluding hydrogens is 258 g/mol. The van der Waals surface area contributed by atoms with E-state index in [1.807, 2.05) is 6.07 Å². The number of carbonyl (C=O) groups is 2. The Morgan fingerprint density at radius 2 is 1.95 bits per heavy atom. The van der Waals surface area contributed by atoms with E-state index in [1.54, 1.807) is 31.2 Å². The van der Waals surface area contributed by atoms with Crippen LogP contribution in [-0.2, 0) is 4.79 Å². The molecule has 1 heterocycles. The Kier molecular flexibility index (Phi) is 4.14. The first-order valence-corrected chi connectivity index (χ1v) is 6.11. The first-order chi connectivity index (χ1) is 9.63. The Hall–Kier alpha value is -2.63. The van der Waals surface area contributed by atoms with E-state index >= 15 is 0 Å².